The van der Waals surface area contributed by atoms with Crippen LogP contribution in [-0.2, 0) is 0 Å². The number of ether oxygens (including phenoxy) is 3. The van der Waals surface area contributed by atoms with Crippen LogP contribution in [0.3, 0.4) is 0 Å². The summed E-state index contributed by atoms with van der Waals surface area (Å²) >= 11 is 0. The highest BCUT2D eigenvalue weighted by atomic mass is 16.5. The molecular formula is C17H16O4. The van der Waals surface area contributed by atoms with Gasteiger partial charge >= 0.3 is 0 Å². The van der Waals surface area contributed by atoms with Crippen LogP contribution in [0.4, 0.5) is 0 Å². The molecule has 0 radical (unpaired) electrons. The molecule has 0 unspecified atom stereocenters. The van der Waals surface area contributed by atoms with E-state index in [4.69, 9.17) is 14.2 Å². The molecule has 0 saturated carbocycles. The number of hydrogen-bond donors (Lipinski definition) is 1. The first-order chi connectivity index (χ1) is 10.2. The van der Waals surface area contributed by atoms with Crippen LogP contribution in [-0.4, -0.2) is 25.9 Å². The van der Waals surface area contributed by atoms with Gasteiger partial charge in [0.2, 0.25) is 0 Å². The average Bonchev–Trinajstić information content (AvgIpc) is 2.54. The summed E-state index contributed by atoms with van der Waals surface area (Å²) in [4.78, 5) is 0. The molecule has 4 heteroatoms. The van der Waals surface area contributed by atoms with E-state index in [0.717, 1.165) is 22.4 Å². The number of phenolic OH excluding ortho intramolecular Hbond substituents is 1. The molecule has 1 heterocycles. The summed E-state index contributed by atoms with van der Waals surface area (Å²) in [6.07, 6.45) is 2.05. The Kier molecular flexibility index (Phi) is 3.44. The second-order valence-corrected chi connectivity index (χ2v) is 4.75. The Morgan fingerprint density at radius 3 is 2.48 bits per heavy atom. The molecule has 0 atom stereocenters. The van der Waals surface area contributed by atoms with Crippen molar-refractivity contribution in [1.29, 1.82) is 0 Å². The number of hydrogen-bond acceptors (Lipinski definition) is 4. The van der Waals surface area contributed by atoms with Gasteiger partial charge in [-0.2, -0.15) is 0 Å². The van der Waals surface area contributed by atoms with Gasteiger partial charge in [-0.15, -0.1) is 0 Å². The van der Waals surface area contributed by atoms with Crippen molar-refractivity contribution in [3.63, 3.8) is 0 Å². The first kappa shape index (κ1) is 13.4. The van der Waals surface area contributed by atoms with Crippen molar-refractivity contribution in [2.45, 2.75) is 0 Å². The predicted octanol–water partition coefficient (Wildman–Crippen LogP) is 3.34. The lowest BCUT2D eigenvalue weighted by atomic mass is 10.00. The number of aromatic hydroxyl groups is 1. The third kappa shape index (κ3) is 2.52. The van der Waals surface area contributed by atoms with Crippen LogP contribution in [0.5, 0.6) is 23.0 Å². The molecule has 1 N–H and O–H groups in total. The highest BCUT2D eigenvalue weighted by Gasteiger charge is 2.18. The van der Waals surface area contributed by atoms with E-state index >= 15 is 0 Å². The highest BCUT2D eigenvalue weighted by Crippen LogP contribution is 2.40. The summed E-state index contributed by atoms with van der Waals surface area (Å²) in [5.74, 6) is 2.40. The lowest BCUT2D eigenvalue weighted by Gasteiger charge is -2.21. The van der Waals surface area contributed by atoms with Crippen molar-refractivity contribution in [1.82, 2.24) is 0 Å². The molecule has 2 aromatic carbocycles. The van der Waals surface area contributed by atoms with Gasteiger partial charge < -0.3 is 19.3 Å². The zero-order valence-corrected chi connectivity index (χ0v) is 11.9. The zero-order chi connectivity index (χ0) is 14.8. The van der Waals surface area contributed by atoms with Crippen molar-refractivity contribution >= 4 is 11.6 Å². The molecule has 0 spiro atoms. The standard InChI is InChI=1S/C17H16O4/c1-19-14-8-16(20-2)15-7-12(10-21-17(15)9-14)11-3-5-13(18)6-4-11/h3-9,18H,10H2,1-2H3. The molecule has 3 rings (SSSR count). The van der Waals surface area contributed by atoms with Crippen molar-refractivity contribution in [3.8, 4) is 23.0 Å². The average molecular weight is 284 g/mol. The molecule has 2 aromatic rings. The van der Waals surface area contributed by atoms with E-state index in [0.29, 0.717) is 18.1 Å². The van der Waals surface area contributed by atoms with Crippen molar-refractivity contribution in [3.05, 3.63) is 47.5 Å². The van der Waals surface area contributed by atoms with E-state index in [9.17, 15) is 5.11 Å². The van der Waals surface area contributed by atoms with E-state index in [-0.39, 0.29) is 5.75 Å². The van der Waals surface area contributed by atoms with E-state index < -0.39 is 0 Å². The molecule has 21 heavy (non-hydrogen) atoms. The second kappa shape index (κ2) is 5.40. The van der Waals surface area contributed by atoms with Crippen molar-refractivity contribution in [2.75, 3.05) is 20.8 Å². The van der Waals surface area contributed by atoms with Crippen LogP contribution in [0.2, 0.25) is 0 Å². The summed E-state index contributed by atoms with van der Waals surface area (Å²) in [6, 6.07) is 10.7. The summed E-state index contributed by atoms with van der Waals surface area (Å²) in [7, 11) is 3.24. The zero-order valence-electron chi connectivity index (χ0n) is 11.9. The molecule has 1 aliphatic heterocycles. The van der Waals surface area contributed by atoms with Crippen LogP contribution >= 0.6 is 0 Å². The van der Waals surface area contributed by atoms with Crippen LogP contribution in [0, 0.1) is 0 Å². The van der Waals surface area contributed by atoms with Gasteiger partial charge in [0.05, 0.1) is 19.8 Å². The lowest BCUT2D eigenvalue weighted by Crippen LogP contribution is -2.08. The maximum absolute atomic E-state index is 9.37. The summed E-state index contributed by atoms with van der Waals surface area (Å²) in [5, 5.41) is 9.37. The monoisotopic (exact) mass is 284 g/mol. The Hall–Kier alpha value is -2.62. The molecule has 0 fully saturated rings. The number of rotatable bonds is 3. The Labute approximate surface area is 123 Å². The minimum absolute atomic E-state index is 0.249. The van der Waals surface area contributed by atoms with Gasteiger partial charge in [-0.3, -0.25) is 0 Å². The molecular weight excluding hydrogens is 268 g/mol. The minimum atomic E-state index is 0.249. The van der Waals surface area contributed by atoms with Crippen LogP contribution in [0.25, 0.3) is 11.6 Å². The third-order valence-corrected chi connectivity index (χ3v) is 3.47. The van der Waals surface area contributed by atoms with Gasteiger partial charge in [0, 0.05) is 12.1 Å². The van der Waals surface area contributed by atoms with Crippen molar-refractivity contribution in [2.24, 2.45) is 0 Å². The quantitative estimate of drug-likeness (QED) is 0.939. The molecule has 0 aliphatic carbocycles. The number of benzene rings is 2. The van der Waals surface area contributed by atoms with Gasteiger partial charge in [0.25, 0.3) is 0 Å². The van der Waals surface area contributed by atoms with E-state index in [1.54, 1.807) is 26.4 Å². The van der Waals surface area contributed by atoms with E-state index in [1.807, 2.05) is 30.3 Å². The van der Waals surface area contributed by atoms with Crippen LogP contribution in [0.1, 0.15) is 11.1 Å². The topological polar surface area (TPSA) is 47.9 Å². The Bertz CT molecular complexity index is 687. The second-order valence-electron chi connectivity index (χ2n) is 4.75. The normalized spacial score (nSPS) is 13.0. The van der Waals surface area contributed by atoms with Gasteiger partial charge in [-0.25, -0.2) is 0 Å². The van der Waals surface area contributed by atoms with Gasteiger partial charge in [0.1, 0.15) is 29.6 Å². The number of phenols is 1. The largest absolute Gasteiger partial charge is 0.508 e. The van der Waals surface area contributed by atoms with Gasteiger partial charge in [-0.1, -0.05) is 12.1 Å². The van der Waals surface area contributed by atoms with Crippen LogP contribution in [0.15, 0.2) is 36.4 Å². The molecule has 0 aromatic heterocycles. The van der Waals surface area contributed by atoms with Crippen LogP contribution < -0.4 is 14.2 Å². The maximum Gasteiger partial charge on any atom is 0.134 e. The maximum atomic E-state index is 9.37. The molecule has 0 saturated heterocycles. The molecule has 0 bridgehead atoms. The highest BCUT2D eigenvalue weighted by molar-refractivity contribution is 5.87. The SMILES string of the molecule is COc1cc(OC)c2c(c1)OCC(c1ccc(O)cc1)=C2. The Morgan fingerprint density at radius 2 is 1.81 bits per heavy atom. The molecule has 4 nitrogen and oxygen atoms in total. The fourth-order valence-electron chi connectivity index (χ4n) is 2.34. The summed E-state index contributed by atoms with van der Waals surface area (Å²) in [6.45, 7) is 0.466. The van der Waals surface area contributed by atoms with Crippen molar-refractivity contribution < 1.29 is 19.3 Å². The smallest absolute Gasteiger partial charge is 0.134 e. The first-order valence-corrected chi connectivity index (χ1v) is 6.60. The fourth-order valence-corrected chi connectivity index (χ4v) is 2.34. The first-order valence-electron chi connectivity index (χ1n) is 6.60. The van der Waals surface area contributed by atoms with E-state index in [1.165, 1.54) is 0 Å². The lowest BCUT2D eigenvalue weighted by molar-refractivity contribution is 0.348. The minimum Gasteiger partial charge on any atom is -0.508 e. The van der Waals surface area contributed by atoms with Gasteiger partial charge in [-0.05, 0) is 29.3 Å². The summed E-state index contributed by atoms with van der Waals surface area (Å²) in [5.41, 5.74) is 2.94. The summed E-state index contributed by atoms with van der Waals surface area (Å²) < 4.78 is 16.5. The molecule has 1 aliphatic rings. The fraction of sp³-hybridized carbons (Fsp3) is 0.176. The number of methoxy groups -OCH3 is 2. The third-order valence-electron chi connectivity index (χ3n) is 3.47. The predicted molar refractivity (Wildman–Crippen MR) is 81.0 cm³/mol. The number of fused-ring (bicyclic) bond motifs is 1. The van der Waals surface area contributed by atoms with E-state index in [2.05, 4.69) is 0 Å². The Balaban J connectivity index is 2.06. The Morgan fingerprint density at radius 1 is 1.05 bits per heavy atom. The van der Waals surface area contributed by atoms with Gasteiger partial charge in [0.15, 0.2) is 0 Å². The molecule has 0 amide bonds. The molecule has 108 valence electrons.